The molecule has 0 bridgehead atoms. The Labute approximate surface area is 169 Å². The van der Waals surface area contributed by atoms with E-state index in [1.807, 2.05) is 0 Å². The second kappa shape index (κ2) is 8.35. The third kappa shape index (κ3) is 4.84. The van der Waals surface area contributed by atoms with Crippen LogP contribution >= 0.6 is 34.8 Å². The van der Waals surface area contributed by atoms with E-state index in [2.05, 4.69) is 0 Å². The molecule has 0 radical (unpaired) electrons. The van der Waals surface area contributed by atoms with Gasteiger partial charge < -0.3 is 10.2 Å². The maximum atomic E-state index is 13.0. The molecule has 0 aliphatic heterocycles. The zero-order valence-corrected chi connectivity index (χ0v) is 16.5. The van der Waals surface area contributed by atoms with Gasteiger partial charge in [-0.3, -0.25) is 9.10 Å². The summed E-state index contributed by atoms with van der Waals surface area (Å²) in [5.74, 6) is -2.58. The first-order chi connectivity index (χ1) is 12.5. The van der Waals surface area contributed by atoms with Crippen LogP contribution in [0.2, 0.25) is 15.1 Å². The minimum Gasteiger partial charge on any atom is -0.481 e. The highest BCUT2D eigenvalue weighted by molar-refractivity contribution is 7.92. The molecule has 0 atom stereocenters. The van der Waals surface area contributed by atoms with Crippen molar-refractivity contribution in [3.05, 3.63) is 57.0 Å². The van der Waals surface area contributed by atoms with Gasteiger partial charge >= 0.3 is 11.9 Å². The maximum absolute atomic E-state index is 13.0. The summed E-state index contributed by atoms with van der Waals surface area (Å²) in [6.45, 7) is -0.432. The fraction of sp³-hybridized carbons (Fsp3) is 0.125. The third-order valence-corrected chi connectivity index (χ3v) is 6.37. The Morgan fingerprint density at radius 3 is 2.11 bits per heavy atom. The molecule has 7 nitrogen and oxygen atoms in total. The first-order valence-corrected chi connectivity index (χ1v) is 9.84. The van der Waals surface area contributed by atoms with Crippen molar-refractivity contribution in [3.8, 4) is 0 Å². The van der Waals surface area contributed by atoms with Crippen molar-refractivity contribution >= 4 is 62.5 Å². The average Bonchev–Trinajstić information content (AvgIpc) is 2.58. The molecule has 2 rings (SSSR count). The molecule has 0 amide bonds. The van der Waals surface area contributed by atoms with Crippen LogP contribution in [-0.4, -0.2) is 37.1 Å². The van der Waals surface area contributed by atoms with Gasteiger partial charge in [-0.15, -0.1) is 0 Å². The first-order valence-electron chi connectivity index (χ1n) is 7.26. The second-order valence-corrected chi connectivity index (χ2v) is 8.35. The predicted octanol–water partition coefficient (Wildman–Crippen LogP) is 4.02. The number of benzene rings is 2. The van der Waals surface area contributed by atoms with Crippen molar-refractivity contribution in [2.75, 3.05) is 10.8 Å². The molecule has 144 valence electrons. The molecule has 0 heterocycles. The molecule has 0 aliphatic rings. The van der Waals surface area contributed by atoms with E-state index in [0.29, 0.717) is 0 Å². The van der Waals surface area contributed by atoms with E-state index in [0.717, 1.165) is 16.4 Å². The van der Waals surface area contributed by atoms with E-state index in [1.54, 1.807) is 0 Å². The summed E-state index contributed by atoms with van der Waals surface area (Å²) in [6.07, 6.45) is -0.508. The largest absolute Gasteiger partial charge is 0.481 e. The summed E-state index contributed by atoms with van der Waals surface area (Å²) in [6, 6.07) is 7.19. The quantitative estimate of drug-likeness (QED) is 0.656. The topological polar surface area (TPSA) is 112 Å². The van der Waals surface area contributed by atoms with Crippen LogP contribution < -0.4 is 4.31 Å². The molecular weight excluding hydrogens is 441 g/mol. The van der Waals surface area contributed by atoms with E-state index in [1.165, 1.54) is 24.3 Å². The van der Waals surface area contributed by atoms with Gasteiger partial charge in [-0.2, -0.15) is 0 Å². The van der Waals surface area contributed by atoms with Crippen molar-refractivity contribution < 1.29 is 28.2 Å². The lowest BCUT2D eigenvalue weighted by Gasteiger charge is -2.24. The first kappa shape index (κ1) is 21.3. The highest BCUT2D eigenvalue weighted by Gasteiger charge is 2.27. The molecule has 27 heavy (non-hydrogen) atoms. The highest BCUT2D eigenvalue weighted by Crippen LogP contribution is 2.31. The fourth-order valence-corrected chi connectivity index (χ4v) is 4.23. The van der Waals surface area contributed by atoms with Crippen LogP contribution in [0, 0.1) is 0 Å². The number of carbonyl (C=O) groups is 2. The summed E-state index contributed by atoms with van der Waals surface area (Å²) < 4.78 is 26.8. The standard InChI is InChI=1S/C16H12Cl3NO6S/c17-12-3-1-9(7-11(12)16(23)24)20(6-5-15(21)22)27(25,26)10-2-4-13(18)14(19)8-10/h1-4,7-8H,5-6H2,(H,21,22)(H,23,24). The smallest absolute Gasteiger partial charge is 0.337 e. The van der Waals surface area contributed by atoms with E-state index in [-0.39, 0.29) is 31.2 Å². The van der Waals surface area contributed by atoms with Crippen LogP contribution in [0.3, 0.4) is 0 Å². The zero-order chi connectivity index (χ0) is 20.4. The Morgan fingerprint density at radius 2 is 1.56 bits per heavy atom. The number of anilines is 1. The Hall–Kier alpha value is -2.00. The van der Waals surface area contributed by atoms with Crippen LogP contribution in [0.5, 0.6) is 0 Å². The van der Waals surface area contributed by atoms with Crippen LogP contribution in [0.15, 0.2) is 41.3 Å². The molecule has 0 saturated heterocycles. The molecule has 2 aromatic rings. The summed E-state index contributed by atoms with van der Waals surface area (Å²) in [5.41, 5.74) is -0.372. The van der Waals surface area contributed by atoms with E-state index in [9.17, 15) is 23.1 Å². The lowest BCUT2D eigenvalue weighted by atomic mass is 10.2. The number of halogens is 3. The Kier molecular flexibility index (Phi) is 6.59. The number of carboxylic acid groups (broad SMARTS) is 2. The van der Waals surface area contributed by atoms with E-state index < -0.39 is 34.9 Å². The second-order valence-electron chi connectivity index (χ2n) is 5.27. The molecule has 0 saturated carbocycles. The van der Waals surface area contributed by atoms with Crippen LogP contribution in [0.1, 0.15) is 16.8 Å². The van der Waals surface area contributed by atoms with Gasteiger partial charge in [0.05, 0.1) is 37.6 Å². The monoisotopic (exact) mass is 451 g/mol. The van der Waals surface area contributed by atoms with Gasteiger partial charge in [-0.1, -0.05) is 34.8 Å². The third-order valence-electron chi connectivity index (χ3n) is 3.48. The number of hydrogen-bond acceptors (Lipinski definition) is 4. The molecule has 11 heteroatoms. The lowest BCUT2D eigenvalue weighted by molar-refractivity contribution is -0.136. The van der Waals surface area contributed by atoms with Crippen molar-refractivity contribution in [2.24, 2.45) is 0 Å². The molecule has 0 fully saturated rings. The minimum atomic E-state index is -4.25. The van der Waals surface area contributed by atoms with E-state index >= 15 is 0 Å². The van der Waals surface area contributed by atoms with Crippen LogP contribution in [0.25, 0.3) is 0 Å². The lowest BCUT2D eigenvalue weighted by Crippen LogP contribution is -2.33. The number of sulfonamides is 1. The van der Waals surface area contributed by atoms with Crippen molar-refractivity contribution in [1.82, 2.24) is 0 Å². The molecular formula is C16H12Cl3NO6S. The van der Waals surface area contributed by atoms with E-state index in [4.69, 9.17) is 39.9 Å². The van der Waals surface area contributed by atoms with Crippen molar-refractivity contribution in [3.63, 3.8) is 0 Å². The summed E-state index contributed by atoms with van der Waals surface area (Å²) in [7, 11) is -4.25. The van der Waals surface area contributed by atoms with Gasteiger partial charge in [-0.05, 0) is 36.4 Å². The van der Waals surface area contributed by atoms with Gasteiger partial charge in [-0.25, -0.2) is 13.2 Å². The Balaban J connectivity index is 2.60. The van der Waals surface area contributed by atoms with Crippen LogP contribution in [-0.2, 0) is 14.8 Å². The maximum Gasteiger partial charge on any atom is 0.337 e. The molecule has 0 unspecified atom stereocenters. The number of aromatic carboxylic acids is 1. The summed E-state index contributed by atoms with van der Waals surface area (Å²) >= 11 is 17.5. The fourth-order valence-electron chi connectivity index (χ4n) is 2.18. The Morgan fingerprint density at radius 1 is 0.926 bits per heavy atom. The van der Waals surface area contributed by atoms with Gasteiger partial charge in [0.1, 0.15) is 0 Å². The number of hydrogen-bond donors (Lipinski definition) is 2. The predicted molar refractivity (Wildman–Crippen MR) is 102 cm³/mol. The molecule has 2 aromatic carbocycles. The summed E-state index contributed by atoms with van der Waals surface area (Å²) in [5, 5.41) is 18.2. The summed E-state index contributed by atoms with van der Waals surface area (Å²) in [4.78, 5) is 22.0. The minimum absolute atomic E-state index is 0.00161. The average molecular weight is 453 g/mol. The number of carboxylic acids is 2. The number of rotatable bonds is 7. The number of nitrogens with zero attached hydrogens (tertiary/aromatic N) is 1. The molecule has 0 aliphatic carbocycles. The van der Waals surface area contributed by atoms with Crippen LogP contribution in [0.4, 0.5) is 5.69 Å². The molecule has 2 N–H and O–H groups in total. The van der Waals surface area contributed by atoms with Gasteiger partial charge in [0.15, 0.2) is 0 Å². The van der Waals surface area contributed by atoms with Gasteiger partial charge in [0, 0.05) is 6.54 Å². The van der Waals surface area contributed by atoms with Crippen molar-refractivity contribution in [2.45, 2.75) is 11.3 Å². The normalized spacial score (nSPS) is 11.2. The molecule has 0 aromatic heterocycles. The molecule has 0 spiro atoms. The number of aliphatic carboxylic acids is 1. The zero-order valence-electron chi connectivity index (χ0n) is 13.4. The highest BCUT2D eigenvalue weighted by atomic mass is 35.5. The van der Waals surface area contributed by atoms with Gasteiger partial charge in [0.2, 0.25) is 0 Å². The Bertz CT molecular complexity index is 1010. The SMILES string of the molecule is O=C(O)CCN(c1ccc(Cl)c(C(=O)O)c1)S(=O)(=O)c1ccc(Cl)c(Cl)c1. The van der Waals surface area contributed by atoms with Crippen molar-refractivity contribution in [1.29, 1.82) is 0 Å². The van der Waals surface area contributed by atoms with Gasteiger partial charge in [0.25, 0.3) is 10.0 Å².